The highest BCUT2D eigenvalue weighted by Crippen LogP contribution is 1.94. The minimum absolute atomic E-state index is 0.190. The quantitative estimate of drug-likeness (QED) is 0.687. The zero-order valence-electron chi connectivity index (χ0n) is 6.12. The average molecular weight is 210 g/mol. The summed E-state index contributed by atoms with van der Waals surface area (Å²) in [5.41, 5.74) is 0.698. The fourth-order valence-electron chi connectivity index (χ4n) is 0.609. The van der Waals surface area contributed by atoms with Crippen molar-refractivity contribution in [1.82, 2.24) is 14.9 Å². The molecule has 0 aromatic carbocycles. The summed E-state index contributed by atoms with van der Waals surface area (Å²) in [6.07, 6.45) is 1.55. The molecule has 0 spiro atoms. The monoisotopic (exact) mass is 209 g/mol. The van der Waals surface area contributed by atoms with Crippen LogP contribution in [0.25, 0.3) is 0 Å². The van der Waals surface area contributed by atoms with Gasteiger partial charge in [0.15, 0.2) is 0 Å². The Balaban J connectivity index is 2.47. The summed E-state index contributed by atoms with van der Waals surface area (Å²) in [4.78, 5) is 0. The van der Waals surface area contributed by atoms with E-state index in [0.717, 1.165) is 0 Å². The molecule has 0 bridgehead atoms. The van der Waals surface area contributed by atoms with Crippen molar-refractivity contribution in [1.29, 1.82) is 0 Å². The third-order valence-corrected chi connectivity index (χ3v) is 2.92. The van der Waals surface area contributed by atoms with Gasteiger partial charge in [0.05, 0.1) is 12.2 Å². The Labute approximate surface area is 75.2 Å². The van der Waals surface area contributed by atoms with Crippen LogP contribution in [-0.2, 0) is 16.6 Å². The van der Waals surface area contributed by atoms with E-state index in [2.05, 4.69) is 14.9 Å². The summed E-state index contributed by atoms with van der Waals surface area (Å²) in [6.45, 7) is 0.190. The van der Waals surface area contributed by atoms with E-state index in [1.807, 2.05) is 0 Å². The van der Waals surface area contributed by atoms with Crippen LogP contribution < -0.4 is 4.72 Å². The molecule has 5 nitrogen and oxygen atoms in total. The molecule has 0 atom stereocenters. The largest absolute Gasteiger partial charge is 0.281 e. The molecule has 1 heterocycles. The molecule has 1 rings (SSSR count). The van der Waals surface area contributed by atoms with Crippen LogP contribution >= 0.6 is 11.6 Å². The number of H-pyrrole nitrogens is 1. The summed E-state index contributed by atoms with van der Waals surface area (Å²) in [6, 6.07) is 1.68. The number of hydrogen-bond donors (Lipinski definition) is 2. The molecule has 0 saturated heterocycles. The Morgan fingerprint density at radius 1 is 1.67 bits per heavy atom. The van der Waals surface area contributed by atoms with Crippen LogP contribution in [-0.4, -0.2) is 23.8 Å². The number of aromatic amines is 1. The molecule has 2 N–H and O–H groups in total. The van der Waals surface area contributed by atoms with Gasteiger partial charge in [-0.05, 0) is 6.07 Å². The number of rotatable bonds is 4. The Bertz CT molecular complexity index is 320. The number of nitrogens with zero attached hydrogens (tertiary/aromatic N) is 1. The zero-order chi connectivity index (χ0) is 9.03. The lowest BCUT2D eigenvalue weighted by Gasteiger charge is -1.99. The van der Waals surface area contributed by atoms with Crippen LogP contribution in [0.15, 0.2) is 12.3 Å². The highest BCUT2D eigenvalue weighted by Gasteiger charge is 2.06. The standard InChI is InChI=1S/C5H8ClN3O2S/c6-4-12(10,11)8-3-5-1-2-7-9-5/h1-2,8H,3-4H2,(H,7,9). The molecule has 12 heavy (non-hydrogen) atoms. The Kier molecular flexibility index (Phi) is 3.07. The molecule has 68 valence electrons. The van der Waals surface area contributed by atoms with Crippen molar-refractivity contribution in [2.24, 2.45) is 0 Å². The normalized spacial score (nSPS) is 11.8. The third-order valence-electron chi connectivity index (χ3n) is 1.18. The lowest BCUT2D eigenvalue weighted by Crippen LogP contribution is -2.24. The maximum absolute atomic E-state index is 10.8. The Hall–Kier alpha value is -0.590. The van der Waals surface area contributed by atoms with E-state index in [0.29, 0.717) is 5.69 Å². The topological polar surface area (TPSA) is 74.8 Å². The van der Waals surface area contributed by atoms with Crippen molar-refractivity contribution >= 4 is 21.6 Å². The molecule has 0 amide bonds. The summed E-state index contributed by atoms with van der Waals surface area (Å²) < 4.78 is 23.9. The highest BCUT2D eigenvalue weighted by atomic mass is 35.5. The summed E-state index contributed by atoms with van der Waals surface area (Å²) >= 11 is 5.16. The van der Waals surface area contributed by atoms with E-state index in [1.54, 1.807) is 12.3 Å². The van der Waals surface area contributed by atoms with Crippen molar-refractivity contribution < 1.29 is 8.42 Å². The number of sulfonamides is 1. The minimum atomic E-state index is -3.33. The van der Waals surface area contributed by atoms with Crippen LogP contribution in [0.5, 0.6) is 0 Å². The third kappa shape index (κ3) is 2.80. The highest BCUT2D eigenvalue weighted by molar-refractivity contribution is 7.90. The van der Waals surface area contributed by atoms with Gasteiger partial charge < -0.3 is 0 Å². The van der Waals surface area contributed by atoms with E-state index in [4.69, 9.17) is 11.6 Å². The fraction of sp³-hybridized carbons (Fsp3) is 0.400. The van der Waals surface area contributed by atoms with E-state index in [-0.39, 0.29) is 6.54 Å². The summed E-state index contributed by atoms with van der Waals surface area (Å²) in [7, 11) is -3.33. The van der Waals surface area contributed by atoms with E-state index < -0.39 is 15.2 Å². The molecule has 0 radical (unpaired) electrons. The second-order valence-electron chi connectivity index (χ2n) is 2.13. The van der Waals surface area contributed by atoms with Gasteiger partial charge in [-0.15, -0.1) is 11.6 Å². The molecular weight excluding hydrogens is 202 g/mol. The van der Waals surface area contributed by atoms with Gasteiger partial charge in [0.1, 0.15) is 5.21 Å². The number of aromatic nitrogens is 2. The fourth-order valence-corrected chi connectivity index (χ4v) is 1.29. The molecule has 1 aromatic heterocycles. The SMILES string of the molecule is O=S(=O)(CCl)NCc1ccn[nH]1. The number of halogens is 1. The summed E-state index contributed by atoms with van der Waals surface area (Å²) in [5, 5.41) is 5.84. The van der Waals surface area contributed by atoms with Gasteiger partial charge in [-0.1, -0.05) is 0 Å². The second-order valence-corrected chi connectivity index (χ2v) is 4.52. The van der Waals surface area contributed by atoms with Gasteiger partial charge in [0, 0.05) is 6.20 Å². The van der Waals surface area contributed by atoms with Gasteiger partial charge in [0.25, 0.3) is 0 Å². The van der Waals surface area contributed by atoms with E-state index in [1.165, 1.54) is 0 Å². The average Bonchev–Trinajstić information content (AvgIpc) is 2.53. The molecule has 0 unspecified atom stereocenters. The van der Waals surface area contributed by atoms with Gasteiger partial charge in [0.2, 0.25) is 10.0 Å². The second kappa shape index (κ2) is 3.88. The van der Waals surface area contributed by atoms with E-state index in [9.17, 15) is 8.42 Å². The van der Waals surface area contributed by atoms with Gasteiger partial charge >= 0.3 is 0 Å². The van der Waals surface area contributed by atoms with Gasteiger partial charge in [-0.2, -0.15) is 5.10 Å². The van der Waals surface area contributed by atoms with Crippen molar-refractivity contribution in [2.75, 3.05) is 5.21 Å². The van der Waals surface area contributed by atoms with Crippen LogP contribution in [0.3, 0.4) is 0 Å². The van der Waals surface area contributed by atoms with E-state index >= 15 is 0 Å². The molecule has 0 aliphatic carbocycles. The lowest BCUT2D eigenvalue weighted by molar-refractivity contribution is 0.585. The maximum atomic E-state index is 10.8. The smallest absolute Gasteiger partial charge is 0.226 e. The number of alkyl halides is 1. The first-order chi connectivity index (χ1) is 5.64. The first kappa shape index (κ1) is 9.50. The number of hydrogen-bond acceptors (Lipinski definition) is 3. The molecule has 0 fully saturated rings. The predicted molar refractivity (Wildman–Crippen MR) is 45.1 cm³/mol. The first-order valence-electron chi connectivity index (χ1n) is 3.15. The van der Waals surface area contributed by atoms with Gasteiger partial charge in [-0.3, -0.25) is 5.10 Å². The van der Waals surface area contributed by atoms with Crippen LogP contribution in [0.4, 0.5) is 0 Å². The van der Waals surface area contributed by atoms with Crippen LogP contribution in [0.1, 0.15) is 5.69 Å². The maximum Gasteiger partial charge on any atom is 0.226 e. The summed E-state index contributed by atoms with van der Waals surface area (Å²) in [5.74, 6) is 0. The Morgan fingerprint density at radius 3 is 2.92 bits per heavy atom. The predicted octanol–water partition coefficient (Wildman–Crippen LogP) is 0.0254. The molecule has 1 aromatic rings. The van der Waals surface area contributed by atoms with Crippen LogP contribution in [0.2, 0.25) is 0 Å². The van der Waals surface area contributed by atoms with Crippen molar-refractivity contribution in [2.45, 2.75) is 6.54 Å². The lowest BCUT2D eigenvalue weighted by atomic mass is 10.4. The van der Waals surface area contributed by atoms with Crippen molar-refractivity contribution in [3.63, 3.8) is 0 Å². The van der Waals surface area contributed by atoms with Gasteiger partial charge in [-0.25, -0.2) is 13.1 Å². The minimum Gasteiger partial charge on any atom is -0.281 e. The molecule has 7 heteroatoms. The van der Waals surface area contributed by atoms with Crippen LogP contribution in [0, 0.1) is 0 Å². The molecule has 0 aliphatic heterocycles. The number of nitrogens with one attached hydrogen (secondary N) is 2. The molecule has 0 aliphatic rings. The van der Waals surface area contributed by atoms with Crippen molar-refractivity contribution in [3.8, 4) is 0 Å². The zero-order valence-corrected chi connectivity index (χ0v) is 7.69. The molecule has 0 saturated carbocycles. The molecular formula is C5H8ClN3O2S. The first-order valence-corrected chi connectivity index (χ1v) is 5.34. The van der Waals surface area contributed by atoms with Crippen molar-refractivity contribution in [3.05, 3.63) is 18.0 Å². The Morgan fingerprint density at radius 2 is 2.42 bits per heavy atom.